The van der Waals surface area contributed by atoms with Gasteiger partial charge in [0.05, 0.1) is 0 Å². The molecule has 1 aliphatic heterocycles. The molecule has 1 aromatic heterocycles. The fourth-order valence-electron chi connectivity index (χ4n) is 4.64. The van der Waals surface area contributed by atoms with Crippen LogP contribution in [-0.4, -0.2) is 35.0 Å². The summed E-state index contributed by atoms with van der Waals surface area (Å²) in [5.41, 5.74) is 0.328. The van der Waals surface area contributed by atoms with Crippen LogP contribution in [0.2, 0.25) is 0 Å². The number of aryl methyl sites for hydroxylation is 1. The Labute approximate surface area is 154 Å². The molecule has 0 aromatic carbocycles. The predicted octanol–water partition coefficient (Wildman–Crippen LogP) is 2.24. The molecule has 3 unspecified atom stereocenters. The molecule has 4 rings (SSSR count). The Morgan fingerprint density at radius 2 is 2.12 bits per heavy atom. The number of nitrogens with zero attached hydrogens (tertiary/aromatic N) is 2. The molecule has 6 heteroatoms. The highest BCUT2D eigenvalue weighted by atomic mass is 16.2. The second-order valence-electron chi connectivity index (χ2n) is 9.40. The normalized spacial score (nSPS) is 32.0. The van der Waals surface area contributed by atoms with E-state index in [1.54, 1.807) is 13.0 Å². The quantitative estimate of drug-likeness (QED) is 0.865. The number of anilines is 1. The third-order valence-corrected chi connectivity index (χ3v) is 7.04. The SMILES string of the molecule is Cc1nc(N2CC(NC(=O)C3CC3(C)C(C)C)CC3(CC3)C2)cc(=O)[nH]1. The monoisotopic (exact) mass is 358 g/mol. The van der Waals surface area contributed by atoms with Gasteiger partial charge in [0.1, 0.15) is 11.6 Å². The largest absolute Gasteiger partial charge is 0.354 e. The van der Waals surface area contributed by atoms with Gasteiger partial charge in [-0.15, -0.1) is 0 Å². The van der Waals surface area contributed by atoms with Crippen molar-refractivity contribution in [2.45, 2.75) is 59.4 Å². The molecule has 2 N–H and O–H groups in total. The highest BCUT2D eigenvalue weighted by Crippen LogP contribution is 2.58. The minimum Gasteiger partial charge on any atom is -0.354 e. The Balaban J connectivity index is 1.47. The molecule has 1 amide bonds. The Morgan fingerprint density at radius 3 is 2.69 bits per heavy atom. The van der Waals surface area contributed by atoms with Crippen LogP contribution in [0.3, 0.4) is 0 Å². The number of piperidine rings is 1. The van der Waals surface area contributed by atoms with Crippen molar-refractivity contribution in [3.8, 4) is 0 Å². The summed E-state index contributed by atoms with van der Waals surface area (Å²) in [5.74, 6) is 2.25. The van der Waals surface area contributed by atoms with Crippen molar-refractivity contribution in [3.05, 3.63) is 22.2 Å². The van der Waals surface area contributed by atoms with E-state index in [0.717, 1.165) is 31.7 Å². The molecule has 0 bridgehead atoms. The van der Waals surface area contributed by atoms with Crippen molar-refractivity contribution in [2.75, 3.05) is 18.0 Å². The average Bonchev–Trinajstić information content (AvgIpc) is 3.44. The van der Waals surface area contributed by atoms with Gasteiger partial charge in [0.25, 0.3) is 5.56 Å². The average molecular weight is 358 g/mol. The number of aromatic nitrogens is 2. The first-order chi connectivity index (χ1) is 12.2. The standard InChI is InChI=1S/C20H30N4O2/c1-12(2)19(4)9-15(19)18(26)23-14-8-20(5-6-20)11-24(10-14)16-7-17(25)22-13(3)21-16/h7,12,14-15H,5-6,8-11H2,1-4H3,(H,23,26)(H,21,22,25). The second kappa shape index (κ2) is 5.83. The maximum atomic E-state index is 12.8. The van der Waals surface area contributed by atoms with Crippen LogP contribution in [-0.2, 0) is 4.79 Å². The van der Waals surface area contributed by atoms with Crippen molar-refractivity contribution in [3.63, 3.8) is 0 Å². The lowest BCUT2D eigenvalue weighted by Crippen LogP contribution is -2.52. The molecule has 3 atom stereocenters. The third-order valence-electron chi connectivity index (χ3n) is 7.04. The van der Waals surface area contributed by atoms with Gasteiger partial charge < -0.3 is 15.2 Å². The number of hydrogen-bond acceptors (Lipinski definition) is 4. The topological polar surface area (TPSA) is 78.1 Å². The van der Waals surface area contributed by atoms with Gasteiger partial charge in [-0.3, -0.25) is 9.59 Å². The van der Waals surface area contributed by atoms with Gasteiger partial charge in [-0.2, -0.15) is 0 Å². The van der Waals surface area contributed by atoms with Crippen LogP contribution in [0.4, 0.5) is 5.82 Å². The highest BCUT2D eigenvalue weighted by molar-refractivity contribution is 5.83. The van der Waals surface area contributed by atoms with Crippen LogP contribution in [0.5, 0.6) is 0 Å². The van der Waals surface area contributed by atoms with E-state index in [1.807, 2.05) is 0 Å². The molecule has 142 valence electrons. The van der Waals surface area contributed by atoms with Gasteiger partial charge >= 0.3 is 0 Å². The van der Waals surface area contributed by atoms with Gasteiger partial charge in [0, 0.05) is 31.1 Å². The van der Waals surface area contributed by atoms with E-state index in [9.17, 15) is 9.59 Å². The second-order valence-corrected chi connectivity index (χ2v) is 9.40. The predicted molar refractivity (Wildman–Crippen MR) is 101 cm³/mol. The lowest BCUT2D eigenvalue weighted by Gasteiger charge is -2.39. The number of aromatic amines is 1. The van der Waals surface area contributed by atoms with Gasteiger partial charge in [-0.05, 0) is 49.4 Å². The van der Waals surface area contributed by atoms with E-state index in [-0.39, 0.29) is 28.8 Å². The fourth-order valence-corrected chi connectivity index (χ4v) is 4.64. The lowest BCUT2D eigenvalue weighted by atomic mass is 9.90. The van der Waals surface area contributed by atoms with Crippen molar-refractivity contribution in [2.24, 2.45) is 22.7 Å². The van der Waals surface area contributed by atoms with E-state index in [0.29, 0.717) is 17.2 Å². The first-order valence-electron chi connectivity index (χ1n) is 9.84. The molecular weight excluding hydrogens is 328 g/mol. The molecule has 6 nitrogen and oxygen atoms in total. The van der Waals surface area contributed by atoms with Crippen molar-refractivity contribution >= 4 is 11.7 Å². The number of nitrogens with one attached hydrogen (secondary N) is 2. The van der Waals surface area contributed by atoms with Crippen LogP contribution >= 0.6 is 0 Å². The maximum Gasteiger partial charge on any atom is 0.252 e. The van der Waals surface area contributed by atoms with Gasteiger partial charge in [-0.1, -0.05) is 20.8 Å². The zero-order valence-electron chi connectivity index (χ0n) is 16.3. The first-order valence-corrected chi connectivity index (χ1v) is 9.84. The molecule has 2 heterocycles. The van der Waals surface area contributed by atoms with Gasteiger partial charge in [0.2, 0.25) is 5.91 Å². The Kier molecular flexibility index (Phi) is 3.93. The Hall–Kier alpha value is -1.85. The molecule has 3 fully saturated rings. The summed E-state index contributed by atoms with van der Waals surface area (Å²) in [4.78, 5) is 34.0. The summed E-state index contributed by atoms with van der Waals surface area (Å²) < 4.78 is 0. The van der Waals surface area contributed by atoms with E-state index >= 15 is 0 Å². The highest BCUT2D eigenvalue weighted by Gasteiger charge is 2.57. The molecule has 3 aliphatic rings. The van der Waals surface area contributed by atoms with E-state index < -0.39 is 0 Å². The van der Waals surface area contributed by atoms with Crippen LogP contribution in [0.25, 0.3) is 0 Å². The summed E-state index contributed by atoms with van der Waals surface area (Å²) in [6.07, 6.45) is 4.44. The number of H-pyrrole nitrogens is 1. The third kappa shape index (κ3) is 3.14. The van der Waals surface area contributed by atoms with Crippen LogP contribution < -0.4 is 15.8 Å². The van der Waals surface area contributed by atoms with Crippen molar-refractivity contribution in [1.82, 2.24) is 15.3 Å². The Morgan fingerprint density at radius 1 is 1.38 bits per heavy atom. The van der Waals surface area contributed by atoms with Crippen LogP contribution in [0, 0.1) is 29.6 Å². The minimum absolute atomic E-state index is 0.116. The van der Waals surface area contributed by atoms with Crippen LogP contribution in [0.1, 0.15) is 52.3 Å². The van der Waals surface area contributed by atoms with Gasteiger partial charge in [0.15, 0.2) is 0 Å². The molecular formula is C20H30N4O2. The van der Waals surface area contributed by atoms with Crippen LogP contribution in [0.15, 0.2) is 10.9 Å². The number of carbonyl (C=O) groups is 1. The first kappa shape index (κ1) is 17.6. The fraction of sp³-hybridized carbons (Fsp3) is 0.750. The zero-order valence-corrected chi connectivity index (χ0v) is 16.3. The maximum absolute atomic E-state index is 12.8. The molecule has 2 aliphatic carbocycles. The van der Waals surface area contributed by atoms with E-state index in [1.165, 1.54) is 12.8 Å². The number of carbonyl (C=O) groups excluding carboxylic acids is 1. The molecule has 2 saturated carbocycles. The lowest BCUT2D eigenvalue weighted by molar-refractivity contribution is -0.124. The molecule has 0 radical (unpaired) electrons. The summed E-state index contributed by atoms with van der Waals surface area (Å²) in [6, 6.07) is 1.71. The Bertz CT molecular complexity index is 782. The smallest absolute Gasteiger partial charge is 0.252 e. The molecule has 26 heavy (non-hydrogen) atoms. The molecule has 1 spiro atoms. The summed E-state index contributed by atoms with van der Waals surface area (Å²) >= 11 is 0. The zero-order chi connectivity index (χ0) is 18.7. The summed E-state index contributed by atoms with van der Waals surface area (Å²) in [5, 5.41) is 3.32. The molecule has 1 aromatic rings. The summed E-state index contributed by atoms with van der Waals surface area (Å²) in [7, 11) is 0. The number of rotatable bonds is 4. The van der Waals surface area contributed by atoms with Gasteiger partial charge in [-0.25, -0.2) is 4.98 Å². The number of amides is 1. The van der Waals surface area contributed by atoms with Crippen molar-refractivity contribution in [1.29, 1.82) is 0 Å². The van der Waals surface area contributed by atoms with E-state index in [2.05, 4.69) is 41.0 Å². The number of hydrogen-bond donors (Lipinski definition) is 2. The molecule has 1 saturated heterocycles. The minimum atomic E-state index is -0.116. The summed E-state index contributed by atoms with van der Waals surface area (Å²) in [6.45, 7) is 10.1. The van der Waals surface area contributed by atoms with E-state index in [4.69, 9.17) is 0 Å². The van der Waals surface area contributed by atoms with Crippen molar-refractivity contribution < 1.29 is 4.79 Å².